The molecule has 0 aromatic heterocycles. The van der Waals surface area contributed by atoms with Crippen LogP contribution in [-0.4, -0.2) is 40.4 Å². The molecule has 1 fully saturated rings. The molecular weight excluding hydrogens is 284 g/mol. The first-order valence-electron chi connectivity index (χ1n) is 7.36. The Kier molecular flexibility index (Phi) is 5.14. The molecule has 6 nitrogen and oxygen atoms in total. The summed E-state index contributed by atoms with van der Waals surface area (Å²) in [4.78, 5) is 36.3. The number of rotatable bonds is 5. The standard InChI is InChI=1S/C16H20N2O4/c1-11-4-2-5-12(10-11)17-14(19)7-8-15(20)18-9-3-6-13(18)16(21)22/h2,4-5,10,13H,3,6-9H2,1H3,(H,17,19)(H,21,22). The molecule has 0 spiro atoms. The van der Waals surface area contributed by atoms with E-state index in [9.17, 15) is 14.4 Å². The predicted molar refractivity (Wildman–Crippen MR) is 81.4 cm³/mol. The summed E-state index contributed by atoms with van der Waals surface area (Å²) in [6, 6.07) is 6.66. The lowest BCUT2D eigenvalue weighted by molar-refractivity contribution is -0.148. The quantitative estimate of drug-likeness (QED) is 0.868. The van der Waals surface area contributed by atoms with Gasteiger partial charge in [0.05, 0.1) is 0 Å². The maximum Gasteiger partial charge on any atom is 0.326 e. The van der Waals surface area contributed by atoms with Gasteiger partial charge in [-0.25, -0.2) is 4.79 Å². The molecule has 0 radical (unpaired) electrons. The monoisotopic (exact) mass is 304 g/mol. The maximum atomic E-state index is 12.1. The van der Waals surface area contributed by atoms with Crippen molar-refractivity contribution in [1.82, 2.24) is 4.90 Å². The van der Waals surface area contributed by atoms with Crippen molar-refractivity contribution in [3.8, 4) is 0 Å². The van der Waals surface area contributed by atoms with Gasteiger partial charge in [0.2, 0.25) is 11.8 Å². The van der Waals surface area contributed by atoms with E-state index in [1.54, 1.807) is 6.07 Å². The Hall–Kier alpha value is -2.37. The fourth-order valence-corrected chi connectivity index (χ4v) is 2.63. The van der Waals surface area contributed by atoms with Crippen LogP contribution in [0.1, 0.15) is 31.2 Å². The zero-order valence-electron chi connectivity index (χ0n) is 12.5. The number of carboxylic acid groups (broad SMARTS) is 1. The summed E-state index contributed by atoms with van der Waals surface area (Å²) in [5, 5.41) is 11.8. The fourth-order valence-electron chi connectivity index (χ4n) is 2.63. The summed E-state index contributed by atoms with van der Waals surface area (Å²) in [6.45, 7) is 2.38. The van der Waals surface area contributed by atoms with Crippen molar-refractivity contribution >= 4 is 23.5 Å². The van der Waals surface area contributed by atoms with Crippen molar-refractivity contribution < 1.29 is 19.5 Å². The third-order valence-electron chi connectivity index (χ3n) is 3.73. The lowest BCUT2D eigenvalue weighted by Crippen LogP contribution is -2.40. The molecule has 2 amide bonds. The van der Waals surface area contributed by atoms with Gasteiger partial charge in [0.1, 0.15) is 6.04 Å². The Morgan fingerprint density at radius 3 is 2.77 bits per heavy atom. The van der Waals surface area contributed by atoms with Crippen LogP contribution in [0.2, 0.25) is 0 Å². The van der Waals surface area contributed by atoms with Gasteiger partial charge < -0.3 is 15.3 Å². The van der Waals surface area contributed by atoms with E-state index in [0.29, 0.717) is 25.1 Å². The summed E-state index contributed by atoms with van der Waals surface area (Å²) < 4.78 is 0. The smallest absolute Gasteiger partial charge is 0.326 e. The number of hydrogen-bond acceptors (Lipinski definition) is 3. The van der Waals surface area contributed by atoms with Gasteiger partial charge in [-0.15, -0.1) is 0 Å². The van der Waals surface area contributed by atoms with E-state index in [0.717, 1.165) is 5.56 Å². The van der Waals surface area contributed by atoms with Crippen LogP contribution in [0.5, 0.6) is 0 Å². The van der Waals surface area contributed by atoms with Crippen LogP contribution < -0.4 is 5.32 Å². The molecule has 0 saturated carbocycles. The van der Waals surface area contributed by atoms with Crippen molar-refractivity contribution in [2.45, 2.75) is 38.6 Å². The molecule has 0 aliphatic carbocycles. The van der Waals surface area contributed by atoms with Gasteiger partial charge in [-0.2, -0.15) is 0 Å². The third-order valence-corrected chi connectivity index (χ3v) is 3.73. The van der Waals surface area contributed by atoms with Crippen LogP contribution in [0.4, 0.5) is 5.69 Å². The number of carbonyl (C=O) groups excluding carboxylic acids is 2. The normalized spacial score (nSPS) is 17.3. The van der Waals surface area contributed by atoms with Gasteiger partial charge in [0, 0.05) is 25.1 Å². The van der Waals surface area contributed by atoms with Crippen LogP contribution in [0.15, 0.2) is 24.3 Å². The Morgan fingerprint density at radius 2 is 2.09 bits per heavy atom. The predicted octanol–water partition coefficient (Wildman–Crippen LogP) is 1.79. The number of nitrogens with zero attached hydrogens (tertiary/aromatic N) is 1. The van der Waals surface area contributed by atoms with Crippen molar-refractivity contribution in [3.05, 3.63) is 29.8 Å². The van der Waals surface area contributed by atoms with E-state index in [1.165, 1.54) is 4.90 Å². The number of anilines is 1. The highest BCUT2D eigenvalue weighted by Crippen LogP contribution is 2.19. The Balaban J connectivity index is 1.83. The molecule has 22 heavy (non-hydrogen) atoms. The first-order chi connectivity index (χ1) is 10.5. The van der Waals surface area contributed by atoms with Crippen molar-refractivity contribution in [1.29, 1.82) is 0 Å². The number of carbonyl (C=O) groups is 3. The number of nitrogens with one attached hydrogen (secondary N) is 1. The molecule has 1 aliphatic rings. The number of likely N-dealkylation sites (tertiary alicyclic amines) is 1. The number of hydrogen-bond donors (Lipinski definition) is 2. The number of benzene rings is 1. The Labute approximate surface area is 129 Å². The minimum Gasteiger partial charge on any atom is -0.480 e. The van der Waals surface area contributed by atoms with Crippen LogP contribution >= 0.6 is 0 Å². The summed E-state index contributed by atoms with van der Waals surface area (Å²) in [5.74, 6) is -1.50. The summed E-state index contributed by atoms with van der Waals surface area (Å²) in [6.07, 6.45) is 1.26. The van der Waals surface area contributed by atoms with Crippen LogP contribution in [-0.2, 0) is 14.4 Å². The minimum absolute atomic E-state index is 0.0292. The van der Waals surface area contributed by atoms with Crippen molar-refractivity contribution in [3.63, 3.8) is 0 Å². The van der Waals surface area contributed by atoms with Gasteiger partial charge in [-0.1, -0.05) is 12.1 Å². The topological polar surface area (TPSA) is 86.7 Å². The summed E-state index contributed by atoms with van der Waals surface area (Å²) in [7, 11) is 0. The number of carboxylic acids is 1. The third kappa shape index (κ3) is 4.07. The van der Waals surface area contributed by atoms with Crippen molar-refractivity contribution in [2.24, 2.45) is 0 Å². The molecule has 2 N–H and O–H groups in total. The largest absolute Gasteiger partial charge is 0.480 e. The molecule has 1 aliphatic heterocycles. The lowest BCUT2D eigenvalue weighted by Gasteiger charge is -2.21. The van der Waals surface area contributed by atoms with Crippen LogP contribution in [0.25, 0.3) is 0 Å². The zero-order valence-corrected chi connectivity index (χ0v) is 12.5. The van der Waals surface area contributed by atoms with E-state index in [4.69, 9.17) is 5.11 Å². The molecule has 1 heterocycles. The molecule has 1 unspecified atom stereocenters. The number of aryl methyl sites for hydroxylation is 1. The zero-order chi connectivity index (χ0) is 16.1. The highest BCUT2D eigenvalue weighted by Gasteiger charge is 2.33. The average molecular weight is 304 g/mol. The van der Waals surface area contributed by atoms with Crippen LogP contribution in [0, 0.1) is 6.92 Å². The Bertz CT molecular complexity index is 585. The number of aliphatic carboxylic acids is 1. The lowest BCUT2D eigenvalue weighted by atomic mass is 10.2. The fraction of sp³-hybridized carbons (Fsp3) is 0.438. The molecule has 1 aromatic rings. The average Bonchev–Trinajstić information content (AvgIpc) is 2.94. The molecule has 1 atom stereocenters. The Morgan fingerprint density at radius 1 is 1.32 bits per heavy atom. The maximum absolute atomic E-state index is 12.1. The van der Waals surface area contributed by atoms with Gasteiger partial charge in [-0.05, 0) is 37.5 Å². The summed E-state index contributed by atoms with van der Waals surface area (Å²) >= 11 is 0. The van der Waals surface area contributed by atoms with E-state index >= 15 is 0 Å². The van der Waals surface area contributed by atoms with Crippen molar-refractivity contribution in [2.75, 3.05) is 11.9 Å². The molecular formula is C16H20N2O4. The molecule has 2 rings (SSSR count). The first kappa shape index (κ1) is 16.0. The van der Waals surface area contributed by atoms with E-state index in [2.05, 4.69) is 5.32 Å². The van der Waals surface area contributed by atoms with Gasteiger partial charge in [0.25, 0.3) is 0 Å². The first-order valence-corrected chi connectivity index (χ1v) is 7.36. The van der Waals surface area contributed by atoms with Gasteiger partial charge >= 0.3 is 5.97 Å². The molecule has 118 valence electrons. The molecule has 1 aromatic carbocycles. The SMILES string of the molecule is Cc1cccc(NC(=O)CCC(=O)N2CCCC2C(=O)O)c1. The second kappa shape index (κ2) is 7.06. The second-order valence-electron chi connectivity index (χ2n) is 5.50. The molecule has 6 heteroatoms. The van der Waals surface area contributed by atoms with E-state index in [-0.39, 0.29) is 24.7 Å². The van der Waals surface area contributed by atoms with E-state index < -0.39 is 12.0 Å². The molecule has 1 saturated heterocycles. The highest BCUT2D eigenvalue weighted by molar-refractivity contribution is 5.94. The molecule has 0 bridgehead atoms. The number of amides is 2. The van der Waals surface area contributed by atoms with Crippen LogP contribution in [0.3, 0.4) is 0 Å². The second-order valence-corrected chi connectivity index (χ2v) is 5.50. The van der Waals surface area contributed by atoms with Gasteiger partial charge in [-0.3, -0.25) is 9.59 Å². The highest BCUT2D eigenvalue weighted by atomic mass is 16.4. The van der Waals surface area contributed by atoms with E-state index in [1.807, 2.05) is 25.1 Å². The van der Waals surface area contributed by atoms with Gasteiger partial charge in [0.15, 0.2) is 0 Å². The minimum atomic E-state index is -0.977. The summed E-state index contributed by atoms with van der Waals surface area (Å²) in [5.41, 5.74) is 1.73.